The minimum atomic E-state index is 0.0228. The van der Waals surface area contributed by atoms with Gasteiger partial charge in [-0.15, -0.1) is 0 Å². The Morgan fingerprint density at radius 1 is 0.545 bits per heavy atom. The highest BCUT2D eigenvalue weighted by Gasteiger charge is 2.43. The second kappa shape index (κ2) is 9.89. The Hall–Kier alpha value is -4.24. The van der Waals surface area contributed by atoms with Crippen molar-refractivity contribution in [3.05, 3.63) is 119 Å². The number of hydrogen-bond acceptors (Lipinski definition) is 2. The lowest BCUT2D eigenvalue weighted by Crippen LogP contribution is -2.59. The zero-order valence-electron chi connectivity index (χ0n) is 27.6. The lowest BCUT2D eigenvalue weighted by atomic mass is 9.34. The second-order valence-corrected chi connectivity index (χ2v) is 15.0. The SMILES string of the molecule is Cc1cc(C)cc(-c2cc(C)ccc2N2c3ccc(C(C)(C)C)cc3B3c4cc(C(C)(C)C)ccc4Oc4cccc2c43)c1. The molecule has 0 unspecified atom stereocenters. The summed E-state index contributed by atoms with van der Waals surface area (Å²) < 4.78 is 6.73. The van der Waals surface area contributed by atoms with E-state index in [2.05, 4.69) is 158 Å². The van der Waals surface area contributed by atoms with Gasteiger partial charge in [-0.3, -0.25) is 0 Å². The molecule has 220 valence electrons. The smallest absolute Gasteiger partial charge is 0.256 e. The first-order valence-corrected chi connectivity index (χ1v) is 15.9. The Bertz CT molecular complexity index is 1940. The summed E-state index contributed by atoms with van der Waals surface area (Å²) in [5, 5.41) is 0. The van der Waals surface area contributed by atoms with Crippen molar-refractivity contribution < 1.29 is 4.74 Å². The molecule has 0 spiro atoms. The minimum Gasteiger partial charge on any atom is -0.458 e. The number of hydrogen-bond donors (Lipinski definition) is 0. The molecule has 0 N–H and O–H groups in total. The molecule has 0 saturated heterocycles. The van der Waals surface area contributed by atoms with Gasteiger partial charge < -0.3 is 9.64 Å². The average molecular weight is 576 g/mol. The van der Waals surface area contributed by atoms with E-state index in [1.54, 1.807) is 0 Å². The number of rotatable bonds is 2. The van der Waals surface area contributed by atoms with Gasteiger partial charge in [0, 0.05) is 16.9 Å². The predicted octanol–water partition coefficient (Wildman–Crippen LogP) is 9.28. The fraction of sp³-hybridized carbons (Fsp3) is 0.268. The van der Waals surface area contributed by atoms with Gasteiger partial charge in [0.15, 0.2) is 0 Å². The molecule has 0 atom stereocenters. The number of fused-ring (bicyclic) bond motifs is 4. The summed E-state index contributed by atoms with van der Waals surface area (Å²) in [6.45, 7) is 20.4. The number of benzene rings is 5. The summed E-state index contributed by atoms with van der Waals surface area (Å²) in [5.74, 6) is 1.90. The second-order valence-electron chi connectivity index (χ2n) is 15.0. The van der Waals surface area contributed by atoms with Crippen LogP contribution in [0.2, 0.25) is 0 Å². The largest absolute Gasteiger partial charge is 0.458 e. The minimum absolute atomic E-state index is 0.0228. The van der Waals surface area contributed by atoms with Gasteiger partial charge in [-0.25, -0.2) is 0 Å². The Balaban J connectivity index is 1.55. The molecule has 0 bridgehead atoms. The van der Waals surface area contributed by atoms with Crippen molar-refractivity contribution in [2.75, 3.05) is 4.90 Å². The number of ether oxygens (including phenoxy) is 1. The molecule has 5 aromatic rings. The number of nitrogens with zero attached hydrogens (tertiary/aromatic N) is 1. The lowest BCUT2D eigenvalue weighted by Gasteiger charge is -2.41. The Morgan fingerprint density at radius 3 is 1.86 bits per heavy atom. The van der Waals surface area contributed by atoms with Crippen LogP contribution in [-0.4, -0.2) is 6.71 Å². The zero-order chi connectivity index (χ0) is 31.1. The van der Waals surface area contributed by atoms with Gasteiger partial charge in [-0.2, -0.15) is 0 Å². The van der Waals surface area contributed by atoms with Crippen LogP contribution in [0.25, 0.3) is 11.1 Å². The monoisotopic (exact) mass is 575 g/mol. The third-order valence-electron chi connectivity index (χ3n) is 9.35. The van der Waals surface area contributed by atoms with E-state index in [4.69, 9.17) is 4.74 Å². The molecular weight excluding hydrogens is 533 g/mol. The van der Waals surface area contributed by atoms with E-state index in [0.29, 0.717) is 0 Å². The van der Waals surface area contributed by atoms with Gasteiger partial charge >= 0.3 is 0 Å². The molecule has 0 radical (unpaired) electrons. The first-order valence-electron chi connectivity index (χ1n) is 15.9. The molecule has 2 aliphatic heterocycles. The third kappa shape index (κ3) is 4.65. The molecule has 2 heterocycles. The van der Waals surface area contributed by atoms with Crippen LogP contribution in [0.3, 0.4) is 0 Å². The topological polar surface area (TPSA) is 12.5 Å². The summed E-state index contributed by atoms with van der Waals surface area (Å²) in [5.41, 5.74) is 16.5. The molecule has 2 aliphatic rings. The number of aryl methyl sites for hydroxylation is 3. The first kappa shape index (κ1) is 28.5. The highest BCUT2D eigenvalue weighted by atomic mass is 16.5. The molecule has 44 heavy (non-hydrogen) atoms. The van der Waals surface area contributed by atoms with Crippen LogP contribution in [-0.2, 0) is 10.8 Å². The normalized spacial score (nSPS) is 13.7. The van der Waals surface area contributed by atoms with Gasteiger partial charge in [0.05, 0.1) is 5.69 Å². The Kier molecular flexibility index (Phi) is 6.41. The van der Waals surface area contributed by atoms with Crippen molar-refractivity contribution in [1.29, 1.82) is 0 Å². The molecular formula is C41H42BNO. The summed E-state index contributed by atoms with van der Waals surface area (Å²) >= 11 is 0. The van der Waals surface area contributed by atoms with E-state index in [-0.39, 0.29) is 17.5 Å². The highest BCUT2D eigenvalue weighted by molar-refractivity contribution is 6.99. The first-order chi connectivity index (χ1) is 20.8. The van der Waals surface area contributed by atoms with E-state index in [1.807, 2.05) is 0 Å². The van der Waals surface area contributed by atoms with Gasteiger partial charge in [0.2, 0.25) is 0 Å². The van der Waals surface area contributed by atoms with Gasteiger partial charge in [-0.1, -0.05) is 113 Å². The van der Waals surface area contributed by atoms with E-state index in [0.717, 1.165) is 11.5 Å². The molecule has 5 aromatic carbocycles. The van der Waals surface area contributed by atoms with Crippen LogP contribution in [0.4, 0.5) is 17.1 Å². The van der Waals surface area contributed by atoms with E-state index in [1.165, 1.54) is 72.4 Å². The molecule has 7 rings (SSSR count). The Labute approximate surface area is 263 Å². The fourth-order valence-corrected chi connectivity index (χ4v) is 7.09. The average Bonchev–Trinajstić information content (AvgIpc) is 2.95. The van der Waals surface area contributed by atoms with Crippen molar-refractivity contribution in [1.82, 2.24) is 0 Å². The van der Waals surface area contributed by atoms with Crippen molar-refractivity contribution >= 4 is 40.2 Å². The van der Waals surface area contributed by atoms with E-state index in [9.17, 15) is 0 Å². The number of anilines is 3. The van der Waals surface area contributed by atoms with Gasteiger partial charge in [0.1, 0.15) is 11.5 Å². The van der Waals surface area contributed by atoms with Gasteiger partial charge in [0.25, 0.3) is 6.71 Å². The molecule has 0 aliphatic carbocycles. The van der Waals surface area contributed by atoms with Crippen LogP contribution in [0.1, 0.15) is 69.4 Å². The molecule has 0 saturated carbocycles. The molecule has 0 aromatic heterocycles. The van der Waals surface area contributed by atoms with Crippen molar-refractivity contribution in [3.63, 3.8) is 0 Å². The molecule has 0 amide bonds. The zero-order valence-corrected chi connectivity index (χ0v) is 27.6. The maximum absolute atomic E-state index is 6.73. The van der Waals surface area contributed by atoms with Crippen LogP contribution >= 0.6 is 0 Å². The Morgan fingerprint density at radius 2 is 1.18 bits per heavy atom. The van der Waals surface area contributed by atoms with Crippen molar-refractivity contribution in [2.45, 2.75) is 73.1 Å². The predicted molar refractivity (Wildman–Crippen MR) is 189 cm³/mol. The molecule has 0 fully saturated rings. The summed E-state index contributed by atoms with van der Waals surface area (Å²) in [6.07, 6.45) is 0. The maximum atomic E-state index is 6.73. The quantitative estimate of drug-likeness (QED) is 0.191. The van der Waals surface area contributed by atoms with Crippen molar-refractivity contribution in [2.24, 2.45) is 0 Å². The summed E-state index contributed by atoms with van der Waals surface area (Å²) in [7, 11) is 0. The molecule has 3 heteroatoms. The highest BCUT2D eigenvalue weighted by Crippen LogP contribution is 2.45. The fourth-order valence-electron chi connectivity index (χ4n) is 7.09. The lowest BCUT2D eigenvalue weighted by molar-refractivity contribution is 0.486. The van der Waals surface area contributed by atoms with Crippen LogP contribution < -0.4 is 26.0 Å². The maximum Gasteiger partial charge on any atom is 0.256 e. The summed E-state index contributed by atoms with van der Waals surface area (Å²) in [4.78, 5) is 2.49. The molecule has 2 nitrogen and oxygen atoms in total. The third-order valence-corrected chi connectivity index (χ3v) is 9.35. The van der Waals surface area contributed by atoms with Crippen LogP contribution in [0, 0.1) is 20.8 Å². The van der Waals surface area contributed by atoms with Crippen molar-refractivity contribution in [3.8, 4) is 22.6 Å². The standard InChI is InChI=1S/C41H42BNO/c1-25-13-16-34(31(22-25)28-20-26(2)19-27(3)21-28)43-35-17-14-29(40(4,5)6)23-32(35)42-33-24-30(41(7,8)9)15-18-37(33)44-38-12-10-11-36(43)39(38)42/h10-24H,1-9H3. The summed E-state index contributed by atoms with van der Waals surface area (Å²) in [6, 6.07) is 34.3. The van der Waals surface area contributed by atoms with E-state index < -0.39 is 0 Å². The van der Waals surface area contributed by atoms with Crippen LogP contribution in [0.5, 0.6) is 11.5 Å². The van der Waals surface area contributed by atoms with Crippen LogP contribution in [0.15, 0.2) is 91.0 Å². The van der Waals surface area contributed by atoms with E-state index >= 15 is 0 Å². The van der Waals surface area contributed by atoms with Gasteiger partial charge in [-0.05, 0) is 101 Å².